The van der Waals surface area contributed by atoms with Gasteiger partial charge in [0.1, 0.15) is 0 Å². The Bertz CT molecular complexity index is 332. The van der Waals surface area contributed by atoms with Gasteiger partial charge in [-0.25, -0.2) is 0 Å². The average Bonchev–Trinajstić information content (AvgIpc) is 2.97. The van der Waals surface area contributed by atoms with E-state index in [0.29, 0.717) is 12.0 Å². The van der Waals surface area contributed by atoms with Gasteiger partial charge in [-0.1, -0.05) is 37.3 Å². The Morgan fingerprint density at radius 2 is 2.11 bits per heavy atom. The molecule has 1 aliphatic rings. The lowest BCUT2D eigenvalue weighted by atomic mass is 9.89. The molecule has 0 radical (unpaired) electrons. The third kappa shape index (κ3) is 4.96. The van der Waals surface area contributed by atoms with Crippen molar-refractivity contribution in [1.82, 2.24) is 5.32 Å². The van der Waals surface area contributed by atoms with Gasteiger partial charge in [-0.05, 0) is 56.7 Å². The normalized spacial score (nSPS) is 20.6. The Labute approximate surface area is 117 Å². The second-order valence-corrected chi connectivity index (χ2v) is 5.54. The summed E-state index contributed by atoms with van der Waals surface area (Å²) < 4.78 is 5.92. The monoisotopic (exact) mass is 261 g/mol. The van der Waals surface area contributed by atoms with E-state index in [-0.39, 0.29) is 0 Å². The van der Waals surface area contributed by atoms with Gasteiger partial charge in [-0.3, -0.25) is 0 Å². The fourth-order valence-corrected chi connectivity index (χ4v) is 2.90. The standard InChI is InChI=1S/C17H27NO/c1-2-11-18-12-10-16(17-9-6-13-19-17)14-15-7-4-3-5-8-15/h3-5,7-8,16-18H,2,6,9-14H2,1H3/t16-,17-/m1/s1. The fourth-order valence-electron chi connectivity index (χ4n) is 2.90. The summed E-state index contributed by atoms with van der Waals surface area (Å²) in [6.45, 7) is 5.42. The molecule has 1 fully saturated rings. The van der Waals surface area contributed by atoms with Crippen LogP contribution in [0.3, 0.4) is 0 Å². The fraction of sp³-hybridized carbons (Fsp3) is 0.647. The van der Waals surface area contributed by atoms with Gasteiger partial charge < -0.3 is 10.1 Å². The van der Waals surface area contributed by atoms with E-state index < -0.39 is 0 Å². The number of rotatable bonds is 8. The van der Waals surface area contributed by atoms with Crippen LogP contribution in [0.2, 0.25) is 0 Å². The quantitative estimate of drug-likeness (QED) is 0.724. The van der Waals surface area contributed by atoms with E-state index in [1.165, 1.54) is 31.2 Å². The Kier molecular flexibility index (Phi) is 6.38. The van der Waals surface area contributed by atoms with Crippen molar-refractivity contribution in [3.63, 3.8) is 0 Å². The molecule has 0 bridgehead atoms. The first-order valence-electron chi connectivity index (χ1n) is 7.76. The highest BCUT2D eigenvalue weighted by Crippen LogP contribution is 2.26. The molecular formula is C17H27NO. The van der Waals surface area contributed by atoms with Gasteiger partial charge in [0, 0.05) is 6.61 Å². The molecule has 2 rings (SSSR count). The summed E-state index contributed by atoms with van der Waals surface area (Å²) in [7, 11) is 0. The van der Waals surface area contributed by atoms with E-state index in [1.807, 2.05) is 0 Å². The molecular weight excluding hydrogens is 234 g/mol. The maximum absolute atomic E-state index is 5.92. The molecule has 0 spiro atoms. The van der Waals surface area contributed by atoms with Crippen LogP contribution in [0.4, 0.5) is 0 Å². The Morgan fingerprint density at radius 3 is 2.79 bits per heavy atom. The van der Waals surface area contributed by atoms with Gasteiger partial charge in [0.05, 0.1) is 6.10 Å². The molecule has 1 N–H and O–H groups in total. The van der Waals surface area contributed by atoms with Crippen LogP contribution in [0.25, 0.3) is 0 Å². The van der Waals surface area contributed by atoms with Crippen molar-refractivity contribution in [3.8, 4) is 0 Å². The van der Waals surface area contributed by atoms with Crippen LogP contribution in [-0.2, 0) is 11.2 Å². The SMILES string of the molecule is CCCNCC[C@H](Cc1ccccc1)[C@H]1CCCO1. The summed E-state index contributed by atoms with van der Waals surface area (Å²) in [5.41, 5.74) is 1.44. The van der Waals surface area contributed by atoms with E-state index in [9.17, 15) is 0 Å². The topological polar surface area (TPSA) is 21.3 Å². The van der Waals surface area contributed by atoms with Gasteiger partial charge in [0.25, 0.3) is 0 Å². The zero-order valence-corrected chi connectivity index (χ0v) is 12.1. The molecule has 0 unspecified atom stereocenters. The molecule has 0 aliphatic carbocycles. The van der Waals surface area contributed by atoms with Crippen molar-refractivity contribution in [2.75, 3.05) is 19.7 Å². The Morgan fingerprint density at radius 1 is 1.26 bits per heavy atom. The highest BCUT2D eigenvalue weighted by atomic mass is 16.5. The number of nitrogens with one attached hydrogen (secondary N) is 1. The smallest absolute Gasteiger partial charge is 0.0607 e. The minimum Gasteiger partial charge on any atom is -0.378 e. The molecule has 1 aromatic carbocycles. The average molecular weight is 261 g/mol. The molecule has 1 aliphatic heterocycles. The summed E-state index contributed by atoms with van der Waals surface area (Å²) in [6, 6.07) is 10.8. The first-order chi connectivity index (χ1) is 9.40. The van der Waals surface area contributed by atoms with Gasteiger partial charge >= 0.3 is 0 Å². The molecule has 0 aromatic heterocycles. The molecule has 2 nitrogen and oxygen atoms in total. The van der Waals surface area contributed by atoms with Gasteiger partial charge in [-0.15, -0.1) is 0 Å². The highest BCUT2D eigenvalue weighted by Gasteiger charge is 2.25. The minimum absolute atomic E-state index is 0.476. The first-order valence-corrected chi connectivity index (χ1v) is 7.76. The van der Waals surface area contributed by atoms with Crippen molar-refractivity contribution in [3.05, 3.63) is 35.9 Å². The van der Waals surface area contributed by atoms with Gasteiger partial charge in [-0.2, -0.15) is 0 Å². The van der Waals surface area contributed by atoms with Gasteiger partial charge in [0.15, 0.2) is 0 Å². The molecule has 0 saturated carbocycles. The number of hydrogen-bond donors (Lipinski definition) is 1. The molecule has 1 aromatic rings. The summed E-state index contributed by atoms with van der Waals surface area (Å²) >= 11 is 0. The lowest BCUT2D eigenvalue weighted by Crippen LogP contribution is -2.27. The van der Waals surface area contributed by atoms with Crippen molar-refractivity contribution >= 4 is 0 Å². The van der Waals surface area contributed by atoms with Crippen molar-refractivity contribution in [2.24, 2.45) is 5.92 Å². The van der Waals surface area contributed by atoms with Gasteiger partial charge in [0.2, 0.25) is 0 Å². The van der Waals surface area contributed by atoms with Crippen LogP contribution in [0, 0.1) is 5.92 Å². The van der Waals surface area contributed by atoms with Crippen LogP contribution >= 0.6 is 0 Å². The van der Waals surface area contributed by atoms with Crippen LogP contribution in [0.1, 0.15) is 38.2 Å². The molecule has 19 heavy (non-hydrogen) atoms. The van der Waals surface area contributed by atoms with Crippen LogP contribution in [-0.4, -0.2) is 25.8 Å². The van der Waals surface area contributed by atoms with E-state index in [2.05, 4.69) is 42.6 Å². The lowest BCUT2D eigenvalue weighted by Gasteiger charge is -2.23. The van der Waals surface area contributed by atoms with Crippen molar-refractivity contribution < 1.29 is 4.74 Å². The summed E-state index contributed by atoms with van der Waals surface area (Å²) in [5, 5.41) is 3.52. The van der Waals surface area contributed by atoms with E-state index in [4.69, 9.17) is 4.74 Å². The zero-order valence-electron chi connectivity index (χ0n) is 12.1. The summed E-state index contributed by atoms with van der Waals surface area (Å²) in [6.07, 6.45) is 6.54. The molecule has 1 heterocycles. The summed E-state index contributed by atoms with van der Waals surface area (Å²) in [4.78, 5) is 0. The van der Waals surface area contributed by atoms with E-state index in [0.717, 1.165) is 26.1 Å². The number of ether oxygens (including phenoxy) is 1. The van der Waals surface area contributed by atoms with Crippen molar-refractivity contribution in [1.29, 1.82) is 0 Å². The third-order valence-corrected chi connectivity index (χ3v) is 3.95. The largest absolute Gasteiger partial charge is 0.378 e. The highest BCUT2D eigenvalue weighted by molar-refractivity contribution is 5.15. The maximum Gasteiger partial charge on any atom is 0.0607 e. The predicted molar refractivity (Wildman–Crippen MR) is 80.4 cm³/mol. The van der Waals surface area contributed by atoms with E-state index >= 15 is 0 Å². The summed E-state index contributed by atoms with van der Waals surface area (Å²) in [5.74, 6) is 0.661. The van der Waals surface area contributed by atoms with Crippen LogP contribution in [0.5, 0.6) is 0 Å². The molecule has 1 saturated heterocycles. The third-order valence-electron chi connectivity index (χ3n) is 3.95. The maximum atomic E-state index is 5.92. The molecule has 2 atom stereocenters. The number of hydrogen-bond acceptors (Lipinski definition) is 2. The predicted octanol–water partition coefficient (Wildman–Crippen LogP) is 3.41. The molecule has 106 valence electrons. The molecule has 2 heteroatoms. The zero-order chi connectivity index (χ0) is 13.3. The Hall–Kier alpha value is -0.860. The Balaban J connectivity index is 1.86. The van der Waals surface area contributed by atoms with E-state index in [1.54, 1.807) is 0 Å². The number of benzene rings is 1. The van der Waals surface area contributed by atoms with Crippen molar-refractivity contribution in [2.45, 2.75) is 45.1 Å². The first kappa shape index (κ1) is 14.5. The molecule has 0 amide bonds. The van der Waals surface area contributed by atoms with Crippen LogP contribution < -0.4 is 5.32 Å². The second-order valence-electron chi connectivity index (χ2n) is 5.54. The minimum atomic E-state index is 0.476. The van der Waals surface area contributed by atoms with Crippen LogP contribution in [0.15, 0.2) is 30.3 Å². The lowest BCUT2D eigenvalue weighted by molar-refractivity contribution is 0.0595. The second kappa shape index (κ2) is 8.34.